The highest BCUT2D eigenvalue weighted by Crippen LogP contribution is 2.47. The van der Waals surface area contributed by atoms with Crippen LogP contribution in [0.15, 0.2) is 84.0 Å². The molecule has 1 amide bonds. The number of carbonyl (C=O) groups is 2. The third-order valence-corrected chi connectivity index (χ3v) is 6.79. The molecule has 2 heterocycles. The maximum absolute atomic E-state index is 13.4. The molecule has 1 N–H and O–H groups in total. The van der Waals surface area contributed by atoms with E-state index in [4.69, 9.17) is 14.2 Å². The quantitative estimate of drug-likeness (QED) is 0.363. The number of likely N-dealkylation sites (N-methyl/N-ethyl adjacent to an activating group) is 1. The summed E-state index contributed by atoms with van der Waals surface area (Å²) in [7, 11) is 1.32. The van der Waals surface area contributed by atoms with Crippen molar-refractivity contribution in [3.63, 3.8) is 0 Å². The Bertz CT molecular complexity index is 1070. The third-order valence-electron chi connectivity index (χ3n) is 6.79. The zero-order chi connectivity index (χ0) is 25.5. The fraction of sp³-hybridized carbons (Fsp3) is 0.379. The van der Waals surface area contributed by atoms with Gasteiger partial charge in [-0.05, 0) is 36.9 Å². The Morgan fingerprint density at radius 1 is 1.06 bits per heavy atom. The van der Waals surface area contributed by atoms with Gasteiger partial charge in [-0.3, -0.25) is 4.79 Å². The normalized spacial score (nSPS) is 21.1. The van der Waals surface area contributed by atoms with Gasteiger partial charge in [0.05, 0.1) is 18.3 Å². The SMILES string of the molecule is CCN(CC)CCNC(=O)C1=C(C(=O)OC)C2(C(Cc3ccccc3)Oc3ccccc3)C=CC1O2. The van der Waals surface area contributed by atoms with Crippen molar-refractivity contribution in [2.24, 2.45) is 0 Å². The standard InChI is InChI=1S/C29H34N2O5/c1-4-31(5-2)19-18-30-27(32)25-23-16-17-29(36-23,26(25)28(33)34-3)24(20-21-12-8-6-9-13-21)35-22-14-10-7-11-15-22/h6-17,23-24H,4-5,18-20H2,1-3H3,(H,30,32). The highest BCUT2D eigenvalue weighted by molar-refractivity contribution is 6.07. The molecule has 0 saturated carbocycles. The molecule has 0 saturated heterocycles. The summed E-state index contributed by atoms with van der Waals surface area (Å²) in [5, 5.41) is 2.97. The monoisotopic (exact) mass is 490 g/mol. The van der Waals surface area contributed by atoms with Gasteiger partial charge in [-0.2, -0.15) is 0 Å². The van der Waals surface area contributed by atoms with Gasteiger partial charge in [0.15, 0.2) is 5.60 Å². The number of fused-ring (bicyclic) bond motifs is 2. The molecule has 2 aliphatic heterocycles. The van der Waals surface area contributed by atoms with Crippen LogP contribution in [0, 0.1) is 0 Å². The number of hydrogen-bond acceptors (Lipinski definition) is 6. The molecule has 0 aliphatic carbocycles. The van der Waals surface area contributed by atoms with Gasteiger partial charge in [0.1, 0.15) is 18.0 Å². The van der Waals surface area contributed by atoms with Gasteiger partial charge < -0.3 is 24.4 Å². The minimum absolute atomic E-state index is 0.203. The maximum Gasteiger partial charge on any atom is 0.337 e. The fourth-order valence-corrected chi connectivity index (χ4v) is 4.86. The lowest BCUT2D eigenvalue weighted by atomic mass is 9.80. The minimum Gasteiger partial charge on any atom is -0.486 e. The molecule has 36 heavy (non-hydrogen) atoms. The van der Waals surface area contributed by atoms with Crippen molar-refractivity contribution < 1.29 is 23.8 Å². The van der Waals surface area contributed by atoms with Gasteiger partial charge in [0, 0.05) is 19.5 Å². The summed E-state index contributed by atoms with van der Waals surface area (Å²) in [6.07, 6.45) is 2.87. The van der Waals surface area contributed by atoms with Crippen LogP contribution in [0.5, 0.6) is 5.75 Å². The van der Waals surface area contributed by atoms with E-state index in [0.717, 1.165) is 25.2 Å². The third kappa shape index (κ3) is 5.22. The van der Waals surface area contributed by atoms with Crippen LogP contribution >= 0.6 is 0 Å². The van der Waals surface area contributed by atoms with E-state index < -0.39 is 23.8 Å². The van der Waals surface area contributed by atoms with Gasteiger partial charge in [0.25, 0.3) is 5.91 Å². The summed E-state index contributed by atoms with van der Waals surface area (Å²) in [6.45, 7) is 7.16. The lowest BCUT2D eigenvalue weighted by molar-refractivity contribution is -0.139. The Morgan fingerprint density at radius 2 is 1.72 bits per heavy atom. The number of methoxy groups -OCH3 is 1. The number of hydrogen-bond donors (Lipinski definition) is 1. The van der Waals surface area contributed by atoms with Gasteiger partial charge in [-0.15, -0.1) is 0 Å². The number of benzene rings is 2. The molecular formula is C29H34N2O5. The molecule has 3 unspecified atom stereocenters. The molecule has 0 spiro atoms. The number of ether oxygens (including phenoxy) is 3. The maximum atomic E-state index is 13.4. The first-order valence-corrected chi connectivity index (χ1v) is 12.5. The molecule has 0 aromatic heterocycles. The van der Waals surface area contributed by atoms with Crippen LogP contribution in [0.4, 0.5) is 0 Å². The Kier molecular flexibility index (Phi) is 8.23. The fourth-order valence-electron chi connectivity index (χ4n) is 4.86. The molecule has 0 radical (unpaired) electrons. The number of amides is 1. The summed E-state index contributed by atoms with van der Waals surface area (Å²) in [4.78, 5) is 28.7. The molecular weight excluding hydrogens is 456 g/mol. The van der Waals surface area contributed by atoms with Crippen LogP contribution in [0.1, 0.15) is 19.4 Å². The van der Waals surface area contributed by atoms with E-state index in [1.165, 1.54) is 7.11 Å². The number of carbonyl (C=O) groups excluding carboxylic acids is 2. The summed E-state index contributed by atoms with van der Waals surface area (Å²) in [5.41, 5.74) is 0.262. The Labute approximate surface area is 212 Å². The summed E-state index contributed by atoms with van der Waals surface area (Å²) in [6, 6.07) is 19.3. The number of nitrogens with one attached hydrogen (secondary N) is 1. The number of rotatable bonds is 12. The van der Waals surface area contributed by atoms with Crippen molar-refractivity contribution >= 4 is 11.9 Å². The van der Waals surface area contributed by atoms with E-state index in [2.05, 4.69) is 24.1 Å². The average molecular weight is 491 g/mol. The molecule has 2 aliphatic rings. The largest absolute Gasteiger partial charge is 0.486 e. The van der Waals surface area contributed by atoms with Crippen LogP contribution < -0.4 is 10.1 Å². The van der Waals surface area contributed by atoms with Gasteiger partial charge in [-0.1, -0.05) is 68.5 Å². The molecule has 7 heteroatoms. The predicted octanol–water partition coefficient (Wildman–Crippen LogP) is 3.31. The van der Waals surface area contributed by atoms with Crippen molar-refractivity contribution in [2.45, 2.75) is 38.1 Å². The number of esters is 1. The van der Waals surface area contributed by atoms with E-state index in [9.17, 15) is 9.59 Å². The smallest absolute Gasteiger partial charge is 0.337 e. The van der Waals surface area contributed by atoms with Gasteiger partial charge >= 0.3 is 5.97 Å². The Morgan fingerprint density at radius 3 is 2.36 bits per heavy atom. The summed E-state index contributed by atoms with van der Waals surface area (Å²) >= 11 is 0. The topological polar surface area (TPSA) is 77.1 Å². The predicted molar refractivity (Wildman–Crippen MR) is 138 cm³/mol. The van der Waals surface area contributed by atoms with Crippen molar-refractivity contribution in [3.8, 4) is 5.75 Å². The van der Waals surface area contributed by atoms with E-state index in [0.29, 0.717) is 24.3 Å². The molecule has 2 aromatic carbocycles. The summed E-state index contributed by atoms with van der Waals surface area (Å²) < 4.78 is 18.1. The number of para-hydroxylation sites is 1. The van der Waals surface area contributed by atoms with Crippen molar-refractivity contribution in [1.29, 1.82) is 0 Å². The Balaban J connectivity index is 1.69. The van der Waals surface area contributed by atoms with E-state index in [-0.39, 0.29) is 11.5 Å². The van der Waals surface area contributed by atoms with E-state index in [1.807, 2.05) is 72.8 Å². The van der Waals surface area contributed by atoms with E-state index in [1.54, 1.807) is 0 Å². The molecule has 4 rings (SSSR count). The van der Waals surface area contributed by atoms with Crippen LogP contribution in [0.2, 0.25) is 0 Å². The van der Waals surface area contributed by atoms with Crippen molar-refractivity contribution in [2.75, 3.05) is 33.3 Å². The first-order valence-electron chi connectivity index (χ1n) is 12.5. The second-order valence-corrected chi connectivity index (χ2v) is 8.86. The van der Waals surface area contributed by atoms with Gasteiger partial charge in [-0.25, -0.2) is 4.79 Å². The van der Waals surface area contributed by atoms with Crippen LogP contribution in [0.3, 0.4) is 0 Å². The second kappa shape index (κ2) is 11.5. The lowest BCUT2D eigenvalue weighted by Gasteiger charge is -2.34. The lowest BCUT2D eigenvalue weighted by Crippen LogP contribution is -2.48. The molecule has 2 bridgehead atoms. The highest BCUT2D eigenvalue weighted by Gasteiger charge is 2.59. The molecule has 7 nitrogen and oxygen atoms in total. The zero-order valence-electron chi connectivity index (χ0n) is 21.1. The Hall–Kier alpha value is -3.42. The van der Waals surface area contributed by atoms with Crippen LogP contribution in [0.25, 0.3) is 0 Å². The van der Waals surface area contributed by atoms with Gasteiger partial charge in [0.2, 0.25) is 0 Å². The molecule has 2 aromatic rings. The second-order valence-electron chi connectivity index (χ2n) is 8.86. The minimum atomic E-state index is -1.25. The van der Waals surface area contributed by atoms with Crippen LogP contribution in [-0.2, 0) is 25.5 Å². The molecule has 3 atom stereocenters. The molecule has 190 valence electrons. The average Bonchev–Trinajstić information content (AvgIpc) is 3.50. The summed E-state index contributed by atoms with van der Waals surface area (Å²) in [5.74, 6) is -0.267. The highest BCUT2D eigenvalue weighted by atomic mass is 16.6. The molecule has 0 fully saturated rings. The first-order chi connectivity index (χ1) is 17.5. The van der Waals surface area contributed by atoms with Crippen molar-refractivity contribution in [3.05, 3.63) is 89.5 Å². The first kappa shape index (κ1) is 25.7. The van der Waals surface area contributed by atoms with Crippen molar-refractivity contribution in [1.82, 2.24) is 10.2 Å². The van der Waals surface area contributed by atoms with E-state index >= 15 is 0 Å². The van der Waals surface area contributed by atoms with Crippen LogP contribution in [-0.4, -0.2) is 67.9 Å². The number of nitrogens with zero attached hydrogens (tertiary/aromatic N) is 1. The zero-order valence-corrected chi connectivity index (χ0v) is 21.1.